The molecule has 6 heteroatoms. The molecule has 0 aliphatic heterocycles. The van der Waals surface area contributed by atoms with Crippen LogP contribution in [0.25, 0.3) is 0 Å². The molecule has 1 aromatic carbocycles. The number of aromatic nitrogens is 3. The second kappa shape index (κ2) is 5.44. The van der Waals surface area contributed by atoms with Gasteiger partial charge in [-0.05, 0) is 19.9 Å². The fraction of sp³-hybridized carbons (Fsp3) is 0.385. The van der Waals surface area contributed by atoms with Crippen LogP contribution in [0.4, 0.5) is 8.78 Å². The van der Waals surface area contributed by atoms with Crippen LogP contribution in [0.1, 0.15) is 37.4 Å². The number of hydrogen-bond donors (Lipinski definition) is 1. The zero-order valence-electron chi connectivity index (χ0n) is 10.7. The molecule has 0 aliphatic carbocycles. The Bertz CT molecular complexity index is 569. The zero-order valence-corrected chi connectivity index (χ0v) is 10.7. The Labute approximate surface area is 109 Å². The van der Waals surface area contributed by atoms with Gasteiger partial charge in [0.15, 0.2) is 0 Å². The van der Waals surface area contributed by atoms with Gasteiger partial charge in [-0.15, -0.1) is 0 Å². The Balaban J connectivity index is 2.21. The predicted octanol–water partition coefficient (Wildman–Crippen LogP) is 2.41. The Morgan fingerprint density at radius 1 is 1.32 bits per heavy atom. The third-order valence-corrected chi connectivity index (χ3v) is 2.83. The highest BCUT2D eigenvalue weighted by Gasteiger charge is 2.18. The lowest BCUT2D eigenvalue weighted by Crippen LogP contribution is -2.13. The number of aliphatic hydroxyl groups is 1. The summed E-state index contributed by atoms with van der Waals surface area (Å²) in [6.07, 6.45) is 0.436. The molecule has 0 bridgehead atoms. The molecule has 0 amide bonds. The maximum Gasteiger partial charge on any atom is 0.138 e. The number of aliphatic hydroxyl groups excluding tert-OH is 1. The van der Waals surface area contributed by atoms with Crippen molar-refractivity contribution >= 4 is 0 Å². The van der Waals surface area contributed by atoms with Crippen molar-refractivity contribution < 1.29 is 13.9 Å². The summed E-state index contributed by atoms with van der Waals surface area (Å²) in [5.41, 5.74) is 0.0553. The van der Waals surface area contributed by atoms with E-state index >= 15 is 0 Å². The molecule has 2 aromatic rings. The normalized spacial score (nSPS) is 12.9. The van der Waals surface area contributed by atoms with Gasteiger partial charge in [0.05, 0.1) is 6.10 Å². The molecule has 0 fully saturated rings. The van der Waals surface area contributed by atoms with Crippen LogP contribution < -0.4 is 0 Å². The van der Waals surface area contributed by atoms with Gasteiger partial charge in [-0.25, -0.2) is 18.4 Å². The van der Waals surface area contributed by atoms with Crippen LogP contribution in [0.15, 0.2) is 24.5 Å². The Hall–Kier alpha value is -1.82. The minimum atomic E-state index is -1.08. The first-order valence-electron chi connectivity index (χ1n) is 6.00. The average Bonchev–Trinajstić information content (AvgIpc) is 2.76. The number of rotatable bonds is 4. The van der Waals surface area contributed by atoms with Crippen LogP contribution in [0, 0.1) is 11.6 Å². The lowest BCUT2D eigenvalue weighted by atomic mass is 10.1. The minimum Gasteiger partial charge on any atom is -0.388 e. The standard InChI is InChI=1S/C13H15F2N3O/c1-8(2)18-13(16-7-17-18)6-12(19)10-4-3-9(14)5-11(10)15/h3-5,7-8,12,19H,6H2,1-2H3. The monoisotopic (exact) mass is 267 g/mol. The maximum atomic E-state index is 13.5. The van der Waals surface area contributed by atoms with E-state index in [4.69, 9.17) is 0 Å². The molecule has 0 saturated heterocycles. The van der Waals surface area contributed by atoms with Crippen LogP contribution in [0.3, 0.4) is 0 Å². The molecule has 0 radical (unpaired) electrons. The Kier molecular flexibility index (Phi) is 3.90. The fourth-order valence-corrected chi connectivity index (χ4v) is 1.91. The van der Waals surface area contributed by atoms with E-state index in [1.807, 2.05) is 13.8 Å². The van der Waals surface area contributed by atoms with Gasteiger partial charge in [0.2, 0.25) is 0 Å². The van der Waals surface area contributed by atoms with Crippen molar-refractivity contribution in [2.24, 2.45) is 0 Å². The van der Waals surface area contributed by atoms with E-state index in [0.29, 0.717) is 5.82 Å². The van der Waals surface area contributed by atoms with E-state index < -0.39 is 17.7 Å². The Morgan fingerprint density at radius 3 is 2.68 bits per heavy atom. The van der Waals surface area contributed by atoms with Crippen molar-refractivity contribution in [2.75, 3.05) is 0 Å². The van der Waals surface area contributed by atoms with E-state index in [-0.39, 0.29) is 18.0 Å². The first-order chi connectivity index (χ1) is 8.99. The SMILES string of the molecule is CC(C)n1ncnc1CC(O)c1ccc(F)cc1F. The van der Waals surface area contributed by atoms with Crippen molar-refractivity contribution in [2.45, 2.75) is 32.4 Å². The van der Waals surface area contributed by atoms with Crippen LogP contribution in [0.5, 0.6) is 0 Å². The predicted molar refractivity (Wildman–Crippen MR) is 65.4 cm³/mol. The van der Waals surface area contributed by atoms with Gasteiger partial charge >= 0.3 is 0 Å². The second-order valence-corrected chi connectivity index (χ2v) is 4.60. The molecule has 1 unspecified atom stereocenters. The lowest BCUT2D eigenvalue weighted by molar-refractivity contribution is 0.168. The van der Waals surface area contributed by atoms with Crippen LogP contribution in [0.2, 0.25) is 0 Å². The van der Waals surface area contributed by atoms with Gasteiger partial charge in [-0.1, -0.05) is 6.07 Å². The summed E-state index contributed by atoms with van der Waals surface area (Å²) in [5, 5.41) is 14.1. The topological polar surface area (TPSA) is 50.9 Å². The summed E-state index contributed by atoms with van der Waals surface area (Å²) >= 11 is 0. The molecule has 0 saturated carbocycles. The molecule has 0 spiro atoms. The highest BCUT2D eigenvalue weighted by molar-refractivity contribution is 5.21. The molecule has 19 heavy (non-hydrogen) atoms. The molecule has 1 atom stereocenters. The quantitative estimate of drug-likeness (QED) is 0.925. The average molecular weight is 267 g/mol. The minimum absolute atomic E-state index is 0.0553. The molecule has 0 aliphatic rings. The summed E-state index contributed by atoms with van der Waals surface area (Å²) in [6.45, 7) is 3.87. The van der Waals surface area contributed by atoms with Gasteiger partial charge in [-0.3, -0.25) is 0 Å². The van der Waals surface area contributed by atoms with Crippen molar-refractivity contribution in [1.82, 2.24) is 14.8 Å². The van der Waals surface area contributed by atoms with Crippen LogP contribution >= 0.6 is 0 Å². The molecule has 1 heterocycles. The van der Waals surface area contributed by atoms with Crippen LogP contribution in [-0.4, -0.2) is 19.9 Å². The van der Waals surface area contributed by atoms with Gasteiger partial charge < -0.3 is 5.11 Å². The summed E-state index contributed by atoms with van der Waals surface area (Å²) in [7, 11) is 0. The van der Waals surface area contributed by atoms with E-state index in [2.05, 4.69) is 10.1 Å². The second-order valence-electron chi connectivity index (χ2n) is 4.60. The lowest BCUT2D eigenvalue weighted by Gasteiger charge is -2.14. The van der Waals surface area contributed by atoms with Crippen molar-refractivity contribution in [3.8, 4) is 0 Å². The third-order valence-electron chi connectivity index (χ3n) is 2.83. The van der Waals surface area contributed by atoms with Gasteiger partial charge in [0.1, 0.15) is 23.8 Å². The Morgan fingerprint density at radius 2 is 2.05 bits per heavy atom. The molecular formula is C13H15F2N3O. The van der Waals surface area contributed by atoms with Gasteiger partial charge in [0, 0.05) is 24.1 Å². The first-order valence-corrected chi connectivity index (χ1v) is 6.00. The zero-order chi connectivity index (χ0) is 14.0. The first kappa shape index (κ1) is 13.6. The van der Waals surface area contributed by atoms with Gasteiger partial charge in [-0.2, -0.15) is 5.10 Å². The summed E-state index contributed by atoms with van der Waals surface area (Å²) in [4.78, 5) is 4.05. The van der Waals surface area contributed by atoms with Crippen molar-refractivity contribution in [1.29, 1.82) is 0 Å². The molecular weight excluding hydrogens is 252 g/mol. The summed E-state index contributed by atoms with van der Waals surface area (Å²) in [5.74, 6) is -0.867. The van der Waals surface area contributed by atoms with Crippen LogP contribution in [-0.2, 0) is 6.42 Å². The molecule has 102 valence electrons. The fourth-order valence-electron chi connectivity index (χ4n) is 1.91. The maximum absolute atomic E-state index is 13.5. The largest absolute Gasteiger partial charge is 0.388 e. The van der Waals surface area contributed by atoms with E-state index in [9.17, 15) is 13.9 Å². The van der Waals surface area contributed by atoms with E-state index in [0.717, 1.165) is 12.1 Å². The molecule has 2 rings (SSSR count). The summed E-state index contributed by atoms with van der Waals surface area (Å²) < 4.78 is 28.0. The number of benzene rings is 1. The third kappa shape index (κ3) is 2.96. The molecule has 4 nitrogen and oxygen atoms in total. The number of halogens is 2. The summed E-state index contributed by atoms with van der Waals surface area (Å²) in [6, 6.07) is 3.22. The molecule has 1 N–H and O–H groups in total. The number of hydrogen-bond acceptors (Lipinski definition) is 3. The van der Waals surface area contributed by atoms with Gasteiger partial charge in [0.25, 0.3) is 0 Å². The smallest absolute Gasteiger partial charge is 0.138 e. The number of nitrogens with zero attached hydrogens (tertiary/aromatic N) is 3. The molecule has 1 aromatic heterocycles. The van der Waals surface area contributed by atoms with E-state index in [1.165, 1.54) is 12.4 Å². The highest BCUT2D eigenvalue weighted by Crippen LogP contribution is 2.21. The highest BCUT2D eigenvalue weighted by atomic mass is 19.1. The van der Waals surface area contributed by atoms with Crippen molar-refractivity contribution in [3.63, 3.8) is 0 Å². The van der Waals surface area contributed by atoms with E-state index in [1.54, 1.807) is 4.68 Å². The van der Waals surface area contributed by atoms with Crippen molar-refractivity contribution in [3.05, 3.63) is 47.5 Å².